The summed E-state index contributed by atoms with van der Waals surface area (Å²) in [5.74, 6) is 0. The molecule has 0 aliphatic carbocycles. The van der Waals surface area contributed by atoms with Crippen molar-refractivity contribution in [2.45, 2.75) is 11.8 Å². The molecule has 0 N–H and O–H groups in total. The highest BCUT2D eigenvalue weighted by atomic mass is 32.2. The average Bonchev–Trinajstić information content (AvgIpc) is 2.16. The normalized spacial score (nSPS) is 11.0. The van der Waals surface area contributed by atoms with Crippen molar-refractivity contribution in [3.05, 3.63) is 42.0 Å². The SMILES string of the molecule is Cc1ccc2cccc([SH](=O)=O)c2c1. The zero-order valence-corrected chi connectivity index (χ0v) is 8.62. The quantitative estimate of drug-likeness (QED) is 0.725. The van der Waals surface area contributed by atoms with Gasteiger partial charge in [0.1, 0.15) is 0 Å². The number of aryl methyl sites for hydroxylation is 1. The van der Waals surface area contributed by atoms with Gasteiger partial charge in [-0.1, -0.05) is 35.9 Å². The minimum atomic E-state index is -2.51. The second kappa shape index (κ2) is 3.42. The fraction of sp³-hybridized carbons (Fsp3) is 0.0909. The fourth-order valence-corrected chi connectivity index (χ4v) is 2.13. The molecule has 0 aliphatic rings. The molecule has 2 aromatic rings. The van der Waals surface area contributed by atoms with E-state index < -0.39 is 10.7 Å². The molecule has 0 radical (unpaired) electrons. The van der Waals surface area contributed by atoms with E-state index in [0.29, 0.717) is 4.90 Å². The molecule has 2 rings (SSSR count). The Labute approximate surface area is 84.1 Å². The number of fused-ring (bicyclic) bond motifs is 1. The van der Waals surface area contributed by atoms with Crippen molar-refractivity contribution in [1.29, 1.82) is 0 Å². The molecule has 0 aromatic heterocycles. The number of rotatable bonds is 1. The van der Waals surface area contributed by atoms with Crippen LogP contribution in [0.2, 0.25) is 0 Å². The molecule has 0 saturated heterocycles. The lowest BCUT2D eigenvalue weighted by Gasteiger charge is -2.01. The summed E-state index contributed by atoms with van der Waals surface area (Å²) < 4.78 is 21.9. The van der Waals surface area contributed by atoms with Crippen molar-refractivity contribution >= 4 is 21.5 Å². The Morgan fingerprint density at radius 2 is 1.86 bits per heavy atom. The molecule has 0 amide bonds. The van der Waals surface area contributed by atoms with Gasteiger partial charge in [0.25, 0.3) is 0 Å². The minimum Gasteiger partial charge on any atom is -0.227 e. The van der Waals surface area contributed by atoms with E-state index in [1.165, 1.54) is 0 Å². The van der Waals surface area contributed by atoms with Crippen LogP contribution in [0.25, 0.3) is 10.8 Å². The van der Waals surface area contributed by atoms with Crippen LogP contribution in [0.5, 0.6) is 0 Å². The zero-order valence-electron chi connectivity index (χ0n) is 7.73. The first kappa shape index (κ1) is 9.21. The van der Waals surface area contributed by atoms with Gasteiger partial charge in [0, 0.05) is 5.39 Å². The average molecular weight is 206 g/mol. The number of hydrogen-bond acceptors (Lipinski definition) is 2. The van der Waals surface area contributed by atoms with Crippen molar-refractivity contribution in [3.8, 4) is 0 Å². The van der Waals surface area contributed by atoms with Crippen LogP contribution in [0.3, 0.4) is 0 Å². The Morgan fingerprint density at radius 3 is 2.57 bits per heavy atom. The van der Waals surface area contributed by atoms with E-state index in [4.69, 9.17) is 0 Å². The molecule has 3 heteroatoms. The predicted octanol–water partition coefficient (Wildman–Crippen LogP) is 2.12. The van der Waals surface area contributed by atoms with Crippen LogP contribution in [-0.4, -0.2) is 8.42 Å². The van der Waals surface area contributed by atoms with Crippen molar-refractivity contribution in [2.75, 3.05) is 0 Å². The highest BCUT2D eigenvalue weighted by Gasteiger charge is 2.01. The first-order valence-electron chi connectivity index (χ1n) is 4.32. The standard InChI is InChI=1S/C11H10O2S/c1-8-5-6-9-3-2-4-11(14(12)13)10(9)7-8/h2-7,14H,1H3. The molecule has 0 unspecified atom stereocenters. The Balaban J connectivity index is 2.91. The van der Waals surface area contributed by atoms with Crippen LogP contribution in [0.1, 0.15) is 5.56 Å². The summed E-state index contributed by atoms with van der Waals surface area (Å²) in [7, 11) is -2.51. The van der Waals surface area contributed by atoms with E-state index in [1.54, 1.807) is 12.1 Å². The molecule has 14 heavy (non-hydrogen) atoms. The lowest BCUT2D eigenvalue weighted by Crippen LogP contribution is -1.84. The Morgan fingerprint density at radius 1 is 1.07 bits per heavy atom. The van der Waals surface area contributed by atoms with Gasteiger partial charge >= 0.3 is 0 Å². The molecule has 0 spiro atoms. The van der Waals surface area contributed by atoms with Crippen molar-refractivity contribution in [3.63, 3.8) is 0 Å². The largest absolute Gasteiger partial charge is 0.227 e. The van der Waals surface area contributed by atoms with Gasteiger partial charge in [-0.25, -0.2) is 8.42 Å². The predicted molar refractivity (Wildman–Crippen MR) is 57.3 cm³/mol. The third-order valence-electron chi connectivity index (χ3n) is 2.21. The topological polar surface area (TPSA) is 34.1 Å². The van der Waals surface area contributed by atoms with Gasteiger partial charge in [0.2, 0.25) is 0 Å². The summed E-state index contributed by atoms with van der Waals surface area (Å²) >= 11 is 0. The lowest BCUT2D eigenvalue weighted by atomic mass is 10.1. The van der Waals surface area contributed by atoms with Gasteiger partial charge in [-0.05, 0) is 18.4 Å². The van der Waals surface area contributed by atoms with E-state index in [0.717, 1.165) is 16.3 Å². The summed E-state index contributed by atoms with van der Waals surface area (Å²) in [5, 5.41) is 1.77. The molecule has 2 aromatic carbocycles. The van der Waals surface area contributed by atoms with Gasteiger partial charge in [-0.3, -0.25) is 0 Å². The second-order valence-electron chi connectivity index (χ2n) is 3.26. The third-order valence-corrected chi connectivity index (χ3v) is 2.99. The van der Waals surface area contributed by atoms with E-state index in [9.17, 15) is 8.42 Å². The highest BCUT2D eigenvalue weighted by molar-refractivity contribution is 7.72. The van der Waals surface area contributed by atoms with E-state index >= 15 is 0 Å². The molecule has 0 fully saturated rings. The van der Waals surface area contributed by atoms with Crippen LogP contribution < -0.4 is 0 Å². The molecule has 0 saturated carbocycles. The summed E-state index contributed by atoms with van der Waals surface area (Å²) in [4.78, 5) is 0.404. The number of benzene rings is 2. The molecule has 0 bridgehead atoms. The lowest BCUT2D eigenvalue weighted by molar-refractivity contribution is 0.615. The number of thiol groups is 1. The maximum Gasteiger partial charge on any atom is 0.168 e. The Kier molecular flexibility index (Phi) is 2.25. The van der Waals surface area contributed by atoms with Gasteiger partial charge in [0.15, 0.2) is 10.7 Å². The fourth-order valence-electron chi connectivity index (χ4n) is 1.53. The van der Waals surface area contributed by atoms with Crippen LogP contribution in [0.4, 0.5) is 0 Å². The van der Waals surface area contributed by atoms with Gasteiger partial charge in [0.05, 0.1) is 4.90 Å². The van der Waals surface area contributed by atoms with E-state index in [1.807, 2.05) is 31.2 Å². The molecular weight excluding hydrogens is 196 g/mol. The highest BCUT2D eigenvalue weighted by Crippen LogP contribution is 2.20. The van der Waals surface area contributed by atoms with Crippen LogP contribution in [0, 0.1) is 6.92 Å². The monoisotopic (exact) mass is 206 g/mol. The molecule has 2 nitrogen and oxygen atoms in total. The third kappa shape index (κ3) is 1.51. The maximum absolute atomic E-state index is 11.0. The molecule has 0 aliphatic heterocycles. The Bertz CT molecular complexity index is 548. The maximum atomic E-state index is 11.0. The van der Waals surface area contributed by atoms with Gasteiger partial charge < -0.3 is 0 Å². The summed E-state index contributed by atoms with van der Waals surface area (Å²) in [6.07, 6.45) is 0. The van der Waals surface area contributed by atoms with Crippen LogP contribution in [0.15, 0.2) is 41.3 Å². The van der Waals surface area contributed by atoms with Crippen molar-refractivity contribution in [2.24, 2.45) is 0 Å². The Hall–Kier alpha value is -1.35. The molecular formula is C11H10O2S. The zero-order chi connectivity index (χ0) is 10.1. The van der Waals surface area contributed by atoms with Crippen LogP contribution >= 0.6 is 0 Å². The molecule has 0 atom stereocenters. The van der Waals surface area contributed by atoms with Crippen molar-refractivity contribution in [1.82, 2.24) is 0 Å². The first-order chi connectivity index (χ1) is 6.68. The van der Waals surface area contributed by atoms with Crippen LogP contribution in [-0.2, 0) is 10.7 Å². The summed E-state index contributed by atoms with van der Waals surface area (Å²) in [5.41, 5.74) is 1.07. The molecule has 0 heterocycles. The van der Waals surface area contributed by atoms with Gasteiger partial charge in [-0.15, -0.1) is 0 Å². The minimum absolute atomic E-state index is 0.404. The summed E-state index contributed by atoms with van der Waals surface area (Å²) in [6.45, 7) is 1.95. The second-order valence-corrected chi connectivity index (χ2v) is 4.25. The smallest absolute Gasteiger partial charge is 0.168 e. The number of hydrogen-bond donors (Lipinski definition) is 1. The van der Waals surface area contributed by atoms with E-state index in [2.05, 4.69) is 0 Å². The van der Waals surface area contributed by atoms with Gasteiger partial charge in [-0.2, -0.15) is 0 Å². The van der Waals surface area contributed by atoms with E-state index in [-0.39, 0.29) is 0 Å². The van der Waals surface area contributed by atoms with Crippen molar-refractivity contribution < 1.29 is 8.42 Å². The molecule has 72 valence electrons. The first-order valence-corrected chi connectivity index (χ1v) is 5.50. The summed E-state index contributed by atoms with van der Waals surface area (Å²) in [6, 6.07) is 11.1.